The molecular formula is C17H19N5O3. The zero-order valence-electron chi connectivity index (χ0n) is 14.5. The van der Waals surface area contributed by atoms with Crippen molar-refractivity contribution in [3.63, 3.8) is 0 Å². The van der Waals surface area contributed by atoms with Crippen LogP contribution < -0.4 is 10.1 Å². The maximum absolute atomic E-state index is 12.3. The van der Waals surface area contributed by atoms with Crippen LogP contribution in [0.15, 0.2) is 34.7 Å². The minimum absolute atomic E-state index is 0.00246. The van der Waals surface area contributed by atoms with Crippen molar-refractivity contribution >= 4 is 11.9 Å². The average Bonchev–Trinajstić information content (AvgIpc) is 3.21. The van der Waals surface area contributed by atoms with E-state index in [4.69, 9.17) is 9.15 Å². The van der Waals surface area contributed by atoms with E-state index in [9.17, 15) is 4.79 Å². The van der Waals surface area contributed by atoms with Crippen molar-refractivity contribution in [2.24, 2.45) is 0 Å². The summed E-state index contributed by atoms with van der Waals surface area (Å²) in [5, 5.41) is 14.7. The first-order chi connectivity index (χ1) is 12.0. The van der Waals surface area contributed by atoms with Gasteiger partial charge in [0.15, 0.2) is 5.69 Å². The van der Waals surface area contributed by atoms with Gasteiger partial charge >= 0.3 is 6.01 Å². The van der Waals surface area contributed by atoms with E-state index >= 15 is 0 Å². The number of aryl methyl sites for hydroxylation is 1. The molecule has 0 saturated heterocycles. The lowest BCUT2D eigenvalue weighted by molar-refractivity contribution is 0.101. The zero-order valence-corrected chi connectivity index (χ0v) is 14.5. The third-order valence-electron chi connectivity index (χ3n) is 3.63. The summed E-state index contributed by atoms with van der Waals surface area (Å²) in [6.45, 7) is 5.90. The number of ether oxygens (including phenoxy) is 1. The van der Waals surface area contributed by atoms with E-state index in [0.29, 0.717) is 17.0 Å². The highest BCUT2D eigenvalue weighted by Gasteiger charge is 2.18. The fourth-order valence-corrected chi connectivity index (χ4v) is 2.49. The van der Waals surface area contributed by atoms with E-state index in [2.05, 4.69) is 20.6 Å². The Bertz CT molecular complexity index is 897. The Morgan fingerprint density at radius 2 is 2.04 bits per heavy atom. The summed E-state index contributed by atoms with van der Waals surface area (Å²) in [5.74, 6) is 0.463. The summed E-state index contributed by atoms with van der Waals surface area (Å²) < 4.78 is 12.6. The first kappa shape index (κ1) is 16.7. The van der Waals surface area contributed by atoms with Crippen LogP contribution in [-0.4, -0.2) is 33.0 Å². The predicted octanol–water partition coefficient (Wildman–Crippen LogP) is 3.08. The molecule has 2 aromatic heterocycles. The van der Waals surface area contributed by atoms with E-state index in [-0.39, 0.29) is 17.9 Å². The van der Waals surface area contributed by atoms with Crippen LogP contribution in [0.5, 0.6) is 5.75 Å². The number of nitrogens with zero attached hydrogens (tertiary/aromatic N) is 4. The molecule has 1 aromatic carbocycles. The average molecular weight is 341 g/mol. The summed E-state index contributed by atoms with van der Waals surface area (Å²) in [5.41, 5.74) is 1.85. The molecule has 8 heteroatoms. The molecule has 3 aromatic rings. The number of rotatable bonds is 5. The van der Waals surface area contributed by atoms with Gasteiger partial charge in [0.25, 0.3) is 11.8 Å². The quantitative estimate of drug-likeness (QED) is 0.766. The van der Waals surface area contributed by atoms with Gasteiger partial charge in [-0.1, -0.05) is 17.2 Å². The van der Waals surface area contributed by atoms with Gasteiger partial charge in [-0.05, 0) is 39.0 Å². The Morgan fingerprint density at radius 3 is 2.72 bits per heavy atom. The summed E-state index contributed by atoms with van der Waals surface area (Å²) in [6.07, 6.45) is 0. The fourth-order valence-electron chi connectivity index (χ4n) is 2.49. The molecule has 0 radical (unpaired) electrons. The van der Waals surface area contributed by atoms with Crippen molar-refractivity contribution in [3.8, 4) is 17.2 Å². The Kier molecular flexibility index (Phi) is 4.51. The summed E-state index contributed by atoms with van der Waals surface area (Å²) in [6, 6.07) is 9.15. The Balaban J connectivity index is 1.79. The van der Waals surface area contributed by atoms with Crippen molar-refractivity contribution in [1.82, 2.24) is 20.0 Å². The first-order valence-corrected chi connectivity index (χ1v) is 7.84. The third kappa shape index (κ3) is 3.37. The van der Waals surface area contributed by atoms with Crippen LogP contribution in [0.25, 0.3) is 11.5 Å². The second-order valence-electron chi connectivity index (χ2n) is 5.78. The van der Waals surface area contributed by atoms with Gasteiger partial charge in [-0.15, -0.1) is 5.10 Å². The molecule has 0 atom stereocenters. The Morgan fingerprint density at radius 1 is 1.28 bits per heavy atom. The predicted molar refractivity (Wildman–Crippen MR) is 91.6 cm³/mol. The summed E-state index contributed by atoms with van der Waals surface area (Å²) >= 11 is 0. The molecule has 3 rings (SSSR count). The molecule has 25 heavy (non-hydrogen) atoms. The van der Waals surface area contributed by atoms with E-state index in [0.717, 1.165) is 5.69 Å². The van der Waals surface area contributed by atoms with Crippen LogP contribution in [0.1, 0.15) is 36.1 Å². The normalized spacial score (nSPS) is 10.9. The number of anilines is 1. The highest BCUT2D eigenvalue weighted by Crippen LogP contribution is 2.29. The maximum Gasteiger partial charge on any atom is 0.322 e. The van der Waals surface area contributed by atoms with Gasteiger partial charge in [-0.2, -0.15) is 5.10 Å². The second-order valence-corrected chi connectivity index (χ2v) is 5.78. The number of carbonyl (C=O) groups is 1. The molecule has 130 valence electrons. The number of carbonyl (C=O) groups excluding carboxylic acids is 1. The van der Waals surface area contributed by atoms with E-state index in [1.54, 1.807) is 30.0 Å². The van der Waals surface area contributed by atoms with Gasteiger partial charge in [-0.25, -0.2) is 0 Å². The van der Waals surface area contributed by atoms with Gasteiger partial charge in [-0.3, -0.25) is 14.8 Å². The SMILES string of the molecule is COc1ccccc1-c1nnc(NC(=O)c2cc(C)n(C(C)C)n2)o1. The molecule has 0 fully saturated rings. The third-order valence-corrected chi connectivity index (χ3v) is 3.63. The van der Waals surface area contributed by atoms with E-state index in [1.165, 1.54) is 0 Å². The van der Waals surface area contributed by atoms with Crippen LogP contribution in [0, 0.1) is 6.92 Å². The topological polar surface area (TPSA) is 95.1 Å². The number of para-hydroxylation sites is 1. The van der Waals surface area contributed by atoms with Crippen LogP contribution in [-0.2, 0) is 0 Å². The van der Waals surface area contributed by atoms with E-state index in [1.807, 2.05) is 32.9 Å². The zero-order chi connectivity index (χ0) is 18.0. The molecule has 0 aliphatic rings. The monoisotopic (exact) mass is 341 g/mol. The Labute approximate surface area is 144 Å². The lowest BCUT2D eigenvalue weighted by Crippen LogP contribution is -2.14. The standard InChI is InChI=1S/C17H19N5O3/c1-10(2)22-11(3)9-13(21-22)15(23)18-17-20-19-16(25-17)12-7-5-6-8-14(12)24-4/h5-10H,1-4H3,(H,18,20,23). The van der Waals surface area contributed by atoms with Crippen molar-refractivity contribution < 1.29 is 13.9 Å². The largest absolute Gasteiger partial charge is 0.496 e. The lowest BCUT2D eigenvalue weighted by atomic mass is 10.2. The molecule has 8 nitrogen and oxygen atoms in total. The summed E-state index contributed by atoms with van der Waals surface area (Å²) in [4.78, 5) is 12.3. The minimum atomic E-state index is -0.405. The number of hydrogen-bond donors (Lipinski definition) is 1. The molecule has 0 spiro atoms. The smallest absolute Gasteiger partial charge is 0.322 e. The number of benzene rings is 1. The highest BCUT2D eigenvalue weighted by atomic mass is 16.5. The van der Waals surface area contributed by atoms with Gasteiger partial charge in [0.2, 0.25) is 0 Å². The lowest BCUT2D eigenvalue weighted by Gasteiger charge is -2.06. The molecule has 2 heterocycles. The van der Waals surface area contributed by atoms with E-state index < -0.39 is 5.91 Å². The molecular weight excluding hydrogens is 322 g/mol. The second kappa shape index (κ2) is 6.76. The molecule has 0 bridgehead atoms. The molecule has 1 amide bonds. The van der Waals surface area contributed by atoms with Crippen LogP contribution in [0.2, 0.25) is 0 Å². The number of methoxy groups -OCH3 is 1. The van der Waals surface area contributed by atoms with Gasteiger partial charge in [0.1, 0.15) is 5.75 Å². The van der Waals surface area contributed by atoms with Crippen LogP contribution in [0.3, 0.4) is 0 Å². The molecule has 0 aliphatic carbocycles. The van der Waals surface area contributed by atoms with Gasteiger partial charge < -0.3 is 9.15 Å². The van der Waals surface area contributed by atoms with Gasteiger partial charge in [0, 0.05) is 11.7 Å². The van der Waals surface area contributed by atoms with Crippen molar-refractivity contribution in [3.05, 3.63) is 41.7 Å². The molecule has 0 unspecified atom stereocenters. The first-order valence-electron chi connectivity index (χ1n) is 7.84. The number of amides is 1. The van der Waals surface area contributed by atoms with Crippen molar-refractivity contribution in [1.29, 1.82) is 0 Å². The van der Waals surface area contributed by atoms with Crippen LogP contribution >= 0.6 is 0 Å². The molecule has 1 N–H and O–H groups in total. The van der Waals surface area contributed by atoms with Crippen molar-refractivity contribution in [2.45, 2.75) is 26.8 Å². The Hall–Kier alpha value is -3.16. The van der Waals surface area contributed by atoms with Gasteiger partial charge in [0.05, 0.1) is 12.7 Å². The fraction of sp³-hybridized carbons (Fsp3) is 0.294. The number of hydrogen-bond acceptors (Lipinski definition) is 6. The number of nitrogens with one attached hydrogen (secondary N) is 1. The van der Waals surface area contributed by atoms with Crippen molar-refractivity contribution in [2.75, 3.05) is 12.4 Å². The maximum atomic E-state index is 12.3. The minimum Gasteiger partial charge on any atom is -0.496 e. The highest BCUT2D eigenvalue weighted by molar-refractivity contribution is 6.01. The molecule has 0 saturated carbocycles. The molecule has 0 aliphatic heterocycles. The number of aromatic nitrogens is 4. The summed E-state index contributed by atoms with van der Waals surface area (Å²) in [7, 11) is 1.56. The van der Waals surface area contributed by atoms with Crippen LogP contribution in [0.4, 0.5) is 6.01 Å².